The maximum Gasteiger partial charge on any atom is 0.330 e. The van der Waals surface area contributed by atoms with Gasteiger partial charge >= 0.3 is 5.97 Å². The van der Waals surface area contributed by atoms with E-state index in [-0.39, 0.29) is 12.0 Å². The van der Waals surface area contributed by atoms with E-state index >= 15 is 0 Å². The van der Waals surface area contributed by atoms with Gasteiger partial charge in [0.25, 0.3) is 0 Å². The molecule has 3 heteroatoms. The Morgan fingerprint density at radius 2 is 1.89 bits per heavy atom. The Kier molecular flexibility index (Phi) is 5.55. The molecular weight excluding hydrogens is 238 g/mol. The molecule has 0 heterocycles. The highest BCUT2D eigenvalue weighted by molar-refractivity contribution is 5.82. The topological polar surface area (TPSA) is 38.3 Å². The average Bonchev–Trinajstić information content (AvgIpc) is 2.39. The number of hydrogen-bond acceptors (Lipinski definition) is 3. The number of benzene rings is 1. The van der Waals surface area contributed by atoms with Crippen LogP contribution in [0.15, 0.2) is 24.3 Å². The van der Waals surface area contributed by atoms with Crippen LogP contribution in [0, 0.1) is 6.92 Å². The molecule has 2 unspecified atom stereocenters. The van der Waals surface area contributed by atoms with Crippen molar-refractivity contribution >= 4 is 5.97 Å². The molecule has 0 amide bonds. The second-order valence-corrected chi connectivity index (χ2v) is 5.17. The Labute approximate surface area is 116 Å². The molecular formula is C16H25NO2. The average molecular weight is 263 g/mol. The SMILES string of the molecule is CCOC(=O)C(C)(NC(C)CC)c1ccc(C)cc1. The van der Waals surface area contributed by atoms with Gasteiger partial charge in [-0.15, -0.1) is 0 Å². The molecule has 0 bridgehead atoms. The highest BCUT2D eigenvalue weighted by atomic mass is 16.5. The van der Waals surface area contributed by atoms with Crippen LogP contribution in [0.5, 0.6) is 0 Å². The highest BCUT2D eigenvalue weighted by Gasteiger charge is 2.37. The maximum absolute atomic E-state index is 12.3. The first-order chi connectivity index (χ1) is 8.93. The molecule has 0 spiro atoms. The fraction of sp³-hybridized carbons (Fsp3) is 0.562. The minimum atomic E-state index is -0.793. The largest absolute Gasteiger partial charge is 0.464 e. The van der Waals surface area contributed by atoms with Gasteiger partial charge in [0.15, 0.2) is 0 Å². The van der Waals surface area contributed by atoms with Crippen LogP contribution in [-0.4, -0.2) is 18.6 Å². The molecule has 0 aliphatic rings. The zero-order chi connectivity index (χ0) is 14.5. The van der Waals surface area contributed by atoms with Gasteiger partial charge in [0, 0.05) is 6.04 Å². The second-order valence-electron chi connectivity index (χ2n) is 5.17. The van der Waals surface area contributed by atoms with Crippen LogP contribution in [0.3, 0.4) is 0 Å². The number of esters is 1. The van der Waals surface area contributed by atoms with E-state index in [0.29, 0.717) is 6.61 Å². The third-order valence-corrected chi connectivity index (χ3v) is 3.46. The first kappa shape index (κ1) is 15.7. The quantitative estimate of drug-likeness (QED) is 0.801. The van der Waals surface area contributed by atoms with Crippen molar-refractivity contribution in [3.05, 3.63) is 35.4 Å². The molecule has 0 aliphatic heterocycles. The molecule has 2 atom stereocenters. The predicted molar refractivity (Wildman–Crippen MR) is 78.1 cm³/mol. The summed E-state index contributed by atoms with van der Waals surface area (Å²) in [6.07, 6.45) is 0.959. The lowest BCUT2D eigenvalue weighted by Crippen LogP contribution is -2.51. The van der Waals surface area contributed by atoms with E-state index in [4.69, 9.17) is 4.74 Å². The normalized spacial score (nSPS) is 15.6. The van der Waals surface area contributed by atoms with Crippen LogP contribution < -0.4 is 5.32 Å². The monoisotopic (exact) mass is 263 g/mol. The van der Waals surface area contributed by atoms with Crippen LogP contribution in [-0.2, 0) is 15.1 Å². The fourth-order valence-electron chi connectivity index (χ4n) is 2.02. The summed E-state index contributed by atoms with van der Waals surface area (Å²) >= 11 is 0. The van der Waals surface area contributed by atoms with E-state index in [1.165, 1.54) is 5.56 Å². The summed E-state index contributed by atoms with van der Waals surface area (Å²) in [4.78, 5) is 12.3. The van der Waals surface area contributed by atoms with Gasteiger partial charge in [-0.3, -0.25) is 5.32 Å². The second kappa shape index (κ2) is 6.71. The van der Waals surface area contributed by atoms with E-state index in [1.54, 1.807) is 0 Å². The molecule has 1 rings (SSSR count). The number of carbonyl (C=O) groups excluding carboxylic acids is 1. The minimum Gasteiger partial charge on any atom is -0.464 e. The van der Waals surface area contributed by atoms with Crippen LogP contribution in [0.25, 0.3) is 0 Å². The molecule has 3 nitrogen and oxygen atoms in total. The molecule has 19 heavy (non-hydrogen) atoms. The van der Waals surface area contributed by atoms with Gasteiger partial charge in [0.1, 0.15) is 5.54 Å². The van der Waals surface area contributed by atoms with E-state index in [9.17, 15) is 4.79 Å². The summed E-state index contributed by atoms with van der Waals surface area (Å²) in [6, 6.07) is 8.26. The minimum absolute atomic E-state index is 0.223. The van der Waals surface area contributed by atoms with Crippen LogP contribution in [0.2, 0.25) is 0 Å². The first-order valence-corrected chi connectivity index (χ1v) is 6.96. The van der Waals surface area contributed by atoms with Gasteiger partial charge in [0.2, 0.25) is 0 Å². The maximum atomic E-state index is 12.3. The number of aryl methyl sites for hydroxylation is 1. The summed E-state index contributed by atoms with van der Waals surface area (Å²) in [5.74, 6) is -0.223. The van der Waals surface area contributed by atoms with Gasteiger partial charge in [-0.2, -0.15) is 0 Å². The molecule has 0 radical (unpaired) electrons. The molecule has 0 aromatic heterocycles. The van der Waals surface area contributed by atoms with Crippen molar-refractivity contribution in [2.75, 3.05) is 6.61 Å². The van der Waals surface area contributed by atoms with Crippen LogP contribution in [0.1, 0.15) is 45.2 Å². The van der Waals surface area contributed by atoms with Gasteiger partial charge in [0.05, 0.1) is 6.61 Å². The molecule has 1 N–H and O–H groups in total. The Morgan fingerprint density at radius 3 is 2.37 bits per heavy atom. The Bertz CT molecular complexity index is 413. The number of nitrogens with one attached hydrogen (secondary N) is 1. The standard InChI is InChI=1S/C16H25NO2/c1-6-13(4)17-16(5,15(18)19-7-2)14-10-8-12(3)9-11-14/h8-11,13,17H,6-7H2,1-5H3. The number of hydrogen-bond donors (Lipinski definition) is 1. The van der Waals surface area contributed by atoms with Gasteiger partial charge in [-0.05, 0) is 39.7 Å². The summed E-state index contributed by atoms with van der Waals surface area (Å²) in [5.41, 5.74) is 1.33. The number of ether oxygens (including phenoxy) is 1. The molecule has 0 saturated carbocycles. The Hall–Kier alpha value is -1.35. The molecule has 0 saturated heterocycles. The van der Waals surface area contributed by atoms with Crippen LogP contribution >= 0.6 is 0 Å². The molecule has 0 aliphatic carbocycles. The lowest BCUT2D eigenvalue weighted by Gasteiger charge is -2.32. The summed E-state index contributed by atoms with van der Waals surface area (Å²) < 4.78 is 5.24. The lowest BCUT2D eigenvalue weighted by atomic mass is 9.90. The van der Waals surface area contributed by atoms with E-state index < -0.39 is 5.54 Å². The summed E-state index contributed by atoms with van der Waals surface area (Å²) in [5, 5.41) is 3.39. The lowest BCUT2D eigenvalue weighted by molar-refractivity contribution is -0.151. The van der Waals surface area contributed by atoms with Crippen molar-refractivity contribution in [2.24, 2.45) is 0 Å². The van der Waals surface area contributed by atoms with E-state index in [1.807, 2.05) is 45.0 Å². The van der Waals surface area contributed by atoms with Gasteiger partial charge in [-0.1, -0.05) is 36.8 Å². The Balaban J connectivity index is 3.10. The van der Waals surface area contributed by atoms with Gasteiger partial charge in [-0.25, -0.2) is 4.79 Å². The predicted octanol–water partition coefficient (Wildman–Crippen LogP) is 3.16. The third-order valence-electron chi connectivity index (χ3n) is 3.46. The smallest absolute Gasteiger partial charge is 0.330 e. The molecule has 1 aromatic carbocycles. The van der Waals surface area contributed by atoms with E-state index in [0.717, 1.165) is 12.0 Å². The number of carbonyl (C=O) groups is 1. The first-order valence-electron chi connectivity index (χ1n) is 6.96. The van der Waals surface area contributed by atoms with E-state index in [2.05, 4.69) is 19.2 Å². The zero-order valence-corrected chi connectivity index (χ0v) is 12.6. The fourth-order valence-corrected chi connectivity index (χ4v) is 2.02. The van der Waals surface area contributed by atoms with Crippen molar-refractivity contribution in [2.45, 2.75) is 52.6 Å². The van der Waals surface area contributed by atoms with Crippen molar-refractivity contribution in [3.63, 3.8) is 0 Å². The van der Waals surface area contributed by atoms with Crippen molar-refractivity contribution in [1.29, 1.82) is 0 Å². The van der Waals surface area contributed by atoms with Crippen molar-refractivity contribution < 1.29 is 9.53 Å². The summed E-state index contributed by atoms with van der Waals surface area (Å²) in [6.45, 7) is 10.3. The zero-order valence-electron chi connectivity index (χ0n) is 12.6. The Morgan fingerprint density at radius 1 is 1.32 bits per heavy atom. The van der Waals surface area contributed by atoms with Gasteiger partial charge < -0.3 is 4.74 Å². The third kappa shape index (κ3) is 3.80. The summed E-state index contributed by atoms with van der Waals surface area (Å²) in [7, 11) is 0. The molecule has 1 aromatic rings. The molecule has 0 fully saturated rings. The van der Waals surface area contributed by atoms with Crippen LogP contribution in [0.4, 0.5) is 0 Å². The van der Waals surface area contributed by atoms with Crippen molar-refractivity contribution in [3.8, 4) is 0 Å². The number of rotatable bonds is 6. The highest BCUT2D eigenvalue weighted by Crippen LogP contribution is 2.24. The molecule has 106 valence electrons. The van der Waals surface area contributed by atoms with Crippen molar-refractivity contribution in [1.82, 2.24) is 5.32 Å².